The third-order valence-corrected chi connectivity index (χ3v) is 4.31. The van der Waals surface area contributed by atoms with E-state index in [1.54, 1.807) is 31.2 Å². The average Bonchev–Trinajstić information content (AvgIpc) is 3.28. The highest BCUT2D eigenvalue weighted by Gasteiger charge is 2.40. The summed E-state index contributed by atoms with van der Waals surface area (Å²) in [5, 5.41) is 6.38. The largest absolute Gasteiger partial charge is 0.438 e. The van der Waals surface area contributed by atoms with Crippen LogP contribution in [0.5, 0.6) is 0 Å². The Morgan fingerprint density at radius 1 is 1.30 bits per heavy atom. The average molecular weight is 492 g/mol. The molecule has 7 nitrogen and oxygen atoms in total. The van der Waals surface area contributed by atoms with Gasteiger partial charge in [-0.25, -0.2) is 4.98 Å². The van der Waals surface area contributed by atoms with Gasteiger partial charge >= 0.3 is 6.18 Å². The summed E-state index contributed by atoms with van der Waals surface area (Å²) in [4.78, 5) is 19.2. The van der Waals surface area contributed by atoms with Crippen LogP contribution < -0.4 is 5.32 Å². The monoisotopic (exact) mass is 492 g/mol. The number of rotatable bonds is 5. The van der Waals surface area contributed by atoms with Crippen molar-refractivity contribution in [3.05, 3.63) is 51.3 Å². The first-order valence-corrected chi connectivity index (χ1v) is 8.72. The van der Waals surface area contributed by atoms with E-state index < -0.39 is 29.4 Å². The van der Waals surface area contributed by atoms with Crippen molar-refractivity contribution >= 4 is 28.5 Å². The van der Waals surface area contributed by atoms with E-state index in [2.05, 4.69) is 43.0 Å². The maximum Gasteiger partial charge on any atom is 0.437 e. The molecule has 0 aliphatic heterocycles. The number of carbonyl (C=O) groups is 1. The van der Waals surface area contributed by atoms with Gasteiger partial charge in [-0.1, -0.05) is 12.1 Å². The molecule has 0 saturated heterocycles. The number of alkyl halides is 3. The Labute approximate surface area is 164 Å². The zero-order valence-electron chi connectivity index (χ0n) is 13.7. The first kappa shape index (κ1) is 19.3. The predicted octanol–water partition coefficient (Wildman–Crippen LogP) is 3.88. The van der Waals surface area contributed by atoms with Gasteiger partial charge in [-0.05, 0) is 46.9 Å². The fourth-order valence-corrected chi connectivity index (χ4v) is 2.53. The lowest BCUT2D eigenvalue weighted by molar-refractivity contribution is -0.140. The summed E-state index contributed by atoms with van der Waals surface area (Å²) in [6.07, 6.45) is -4.04. The Balaban J connectivity index is 1.67. The van der Waals surface area contributed by atoms with Gasteiger partial charge in [-0.3, -0.25) is 4.79 Å². The summed E-state index contributed by atoms with van der Waals surface area (Å²) in [6.45, 7) is 1.88. The highest BCUT2D eigenvalue weighted by molar-refractivity contribution is 14.1. The zero-order valence-corrected chi connectivity index (χ0v) is 15.9. The minimum Gasteiger partial charge on any atom is -0.438 e. The Hall–Kier alpha value is -2.44. The number of amides is 1. The van der Waals surface area contributed by atoms with Crippen LogP contribution in [0.1, 0.15) is 34.7 Å². The second kappa shape index (κ2) is 7.66. The van der Waals surface area contributed by atoms with Gasteiger partial charge in [0, 0.05) is 21.6 Å². The van der Waals surface area contributed by atoms with Crippen molar-refractivity contribution in [1.82, 2.24) is 20.4 Å². The van der Waals surface area contributed by atoms with E-state index in [0.29, 0.717) is 12.0 Å². The fourth-order valence-electron chi connectivity index (χ4n) is 2.17. The van der Waals surface area contributed by atoms with Crippen LogP contribution in [0.2, 0.25) is 0 Å². The second-order valence-electron chi connectivity index (χ2n) is 5.60. The van der Waals surface area contributed by atoms with Crippen molar-refractivity contribution in [1.29, 1.82) is 0 Å². The lowest BCUT2D eigenvalue weighted by atomic mass is 10.1. The van der Waals surface area contributed by atoms with E-state index in [1.807, 2.05) is 0 Å². The molecule has 0 aliphatic rings. The molecular formula is C16H12F3IN4O3. The van der Waals surface area contributed by atoms with Gasteiger partial charge in [0.2, 0.25) is 5.76 Å². The molecule has 0 aliphatic carbocycles. The number of benzene rings is 1. The molecule has 142 valence electrons. The summed E-state index contributed by atoms with van der Waals surface area (Å²) in [5.74, 6) is -1.61. The SMILES string of the molecule is CC(CNC(=O)c1ccc(I)cc1)c1noc(-c2ocnc2C(F)(F)F)n1. The van der Waals surface area contributed by atoms with Crippen molar-refractivity contribution in [2.45, 2.75) is 19.0 Å². The van der Waals surface area contributed by atoms with Crippen LogP contribution in [0.3, 0.4) is 0 Å². The molecule has 3 rings (SSSR count). The first-order chi connectivity index (χ1) is 12.8. The van der Waals surface area contributed by atoms with E-state index in [1.165, 1.54) is 0 Å². The molecular weight excluding hydrogens is 480 g/mol. The van der Waals surface area contributed by atoms with E-state index >= 15 is 0 Å². The Morgan fingerprint density at radius 3 is 2.67 bits per heavy atom. The lowest BCUT2D eigenvalue weighted by Crippen LogP contribution is -2.27. The minimum atomic E-state index is -4.70. The van der Waals surface area contributed by atoms with Crippen LogP contribution in [-0.2, 0) is 6.18 Å². The number of nitrogens with zero attached hydrogens (tertiary/aromatic N) is 3. The molecule has 1 N–H and O–H groups in total. The van der Waals surface area contributed by atoms with Gasteiger partial charge in [0.25, 0.3) is 11.8 Å². The lowest BCUT2D eigenvalue weighted by Gasteiger charge is -2.09. The Bertz CT molecular complexity index is 937. The number of oxazole rings is 1. The van der Waals surface area contributed by atoms with E-state index in [0.717, 1.165) is 3.57 Å². The van der Waals surface area contributed by atoms with Gasteiger partial charge in [-0.15, -0.1) is 0 Å². The standard InChI is InChI=1S/C16H12F3IN4O3/c1-8(6-21-14(25)9-2-4-10(20)5-3-9)13-23-15(27-24-13)11-12(16(17,18)19)22-7-26-11/h2-5,7-8H,6H2,1H3,(H,21,25). The molecule has 2 aromatic heterocycles. The fraction of sp³-hybridized carbons (Fsp3) is 0.250. The topological polar surface area (TPSA) is 94.1 Å². The van der Waals surface area contributed by atoms with Crippen molar-refractivity contribution in [3.63, 3.8) is 0 Å². The summed E-state index contributed by atoms with van der Waals surface area (Å²) < 4.78 is 49.2. The normalized spacial score (nSPS) is 12.8. The van der Waals surface area contributed by atoms with Crippen LogP contribution in [0.25, 0.3) is 11.7 Å². The van der Waals surface area contributed by atoms with E-state index in [9.17, 15) is 18.0 Å². The molecule has 0 bridgehead atoms. The van der Waals surface area contributed by atoms with Gasteiger partial charge in [0.05, 0.1) is 0 Å². The van der Waals surface area contributed by atoms with Gasteiger partial charge < -0.3 is 14.3 Å². The van der Waals surface area contributed by atoms with Crippen LogP contribution in [-0.4, -0.2) is 27.6 Å². The van der Waals surface area contributed by atoms with E-state index in [4.69, 9.17) is 8.94 Å². The molecule has 0 saturated carbocycles. The smallest absolute Gasteiger partial charge is 0.437 e. The molecule has 0 spiro atoms. The number of hydrogen-bond donors (Lipinski definition) is 1. The molecule has 1 aromatic carbocycles. The zero-order chi connectivity index (χ0) is 19.6. The second-order valence-corrected chi connectivity index (χ2v) is 6.85. The van der Waals surface area contributed by atoms with Crippen LogP contribution in [0.15, 0.2) is 39.6 Å². The summed E-state index contributed by atoms with van der Waals surface area (Å²) in [5.41, 5.74) is -0.745. The minimum absolute atomic E-state index is 0.137. The molecule has 1 atom stereocenters. The summed E-state index contributed by atoms with van der Waals surface area (Å²) in [7, 11) is 0. The predicted molar refractivity (Wildman–Crippen MR) is 94.7 cm³/mol. The molecule has 2 heterocycles. The van der Waals surface area contributed by atoms with Gasteiger partial charge in [0.1, 0.15) is 0 Å². The van der Waals surface area contributed by atoms with Crippen molar-refractivity contribution in [2.75, 3.05) is 6.54 Å². The Morgan fingerprint density at radius 2 is 2.00 bits per heavy atom. The molecule has 0 radical (unpaired) electrons. The van der Waals surface area contributed by atoms with Gasteiger partial charge in [-0.2, -0.15) is 18.2 Å². The number of carbonyl (C=O) groups excluding carboxylic acids is 1. The number of nitrogens with one attached hydrogen (secondary N) is 1. The molecule has 11 heteroatoms. The highest BCUT2D eigenvalue weighted by atomic mass is 127. The summed E-state index contributed by atoms with van der Waals surface area (Å²) >= 11 is 2.13. The summed E-state index contributed by atoms with van der Waals surface area (Å²) in [6, 6.07) is 6.99. The van der Waals surface area contributed by atoms with Crippen molar-refractivity contribution < 1.29 is 26.9 Å². The van der Waals surface area contributed by atoms with Crippen LogP contribution in [0, 0.1) is 3.57 Å². The first-order valence-electron chi connectivity index (χ1n) is 7.64. The maximum absolute atomic E-state index is 12.9. The van der Waals surface area contributed by atoms with Crippen molar-refractivity contribution in [2.24, 2.45) is 0 Å². The van der Waals surface area contributed by atoms with E-state index in [-0.39, 0.29) is 18.3 Å². The third kappa shape index (κ3) is 4.46. The Kier molecular flexibility index (Phi) is 5.48. The number of aromatic nitrogens is 3. The molecule has 3 aromatic rings. The molecule has 1 unspecified atom stereocenters. The number of halogens is 4. The van der Waals surface area contributed by atoms with Gasteiger partial charge in [0.15, 0.2) is 17.9 Å². The highest BCUT2D eigenvalue weighted by Crippen LogP contribution is 2.35. The molecule has 27 heavy (non-hydrogen) atoms. The third-order valence-electron chi connectivity index (χ3n) is 3.59. The number of hydrogen-bond acceptors (Lipinski definition) is 6. The molecule has 0 fully saturated rings. The van der Waals surface area contributed by atoms with Crippen molar-refractivity contribution in [3.8, 4) is 11.7 Å². The van der Waals surface area contributed by atoms with Crippen LogP contribution >= 0.6 is 22.6 Å². The maximum atomic E-state index is 12.9. The quantitative estimate of drug-likeness (QED) is 0.544. The molecule has 1 amide bonds. The van der Waals surface area contributed by atoms with Crippen LogP contribution in [0.4, 0.5) is 13.2 Å².